The maximum absolute atomic E-state index is 12.8. The second-order valence-corrected chi connectivity index (χ2v) is 54.4. The van der Waals surface area contributed by atoms with Crippen LogP contribution in [0.3, 0.4) is 0 Å². The number of rotatable bonds is 20. The standard InChI is InChI=1S/C17H24NO2P.C14H19N2O2P.2C14H18N2O.C13H16N2OS.C12H22N4O.C12H18N2O2.C10H13N3O.C8H14N2O/c1-6-21(19,7-2)14-10-8-9-13(11-14)16-18-12-15(20-16)17(3,4)5;1-14(2,3)13-15-12(16-18-13)10-7-6-8-11(9-10)19(4,5)17;1-14(2,3)13-16-10-12(17-13)15-9-11-7-5-4-6-8-11;1-14(2,3)13-16-15-12(17-13)10-9-11-7-5-4-6-8-11;1-13(2,3)12-15-14-11(16-12)9-17-10-7-5-4-6-8-10;1-12(2,3)11-15-14-10(17-11)8-16-6-4-9(13)5-7-16;1-12(2,3)9-8-13-10(16-9)11(15)14-6-4-5-7-14;1-10(2,3)8-6-14-9(12-8)13-5-4-11-7-13;1-8(2,3)7-10-6(4-9)5-11-7/h8-12H,6-7H2,1-5H3;6-9H,1-5H3;4-8,10,15H,9H2,1-3H3;4-8H,9-10H2,1-3H3;4-8H,9H2,1-3H3;9H,4-8,13H2,1-3H3;8H,4-7H2,1-3H3;4-7H,1-3H3;5H,4,9H2,1-3H3. The van der Waals surface area contributed by atoms with Crippen molar-refractivity contribution >= 4 is 48.4 Å². The molecule has 32 nitrogen and oxygen atoms in total. The second kappa shape index (κ2) is 53.0. The minimum Gasteiger partial charge on any atom is -0.448 e. The first-order valence-corrected chi connectivity index (χ1v) is 56.8. The molecule has 2 aliphatic heterocycles. The van der Waals surface area contributed by atoms with Crippen LogP contribution in [0.1, 0.15) is 324 Å². The van der Waals surface area contributed by atoms with Crippen molar-refractivity contribution in [2.75, 3.05) is 57.1 Å². The van der Waals surface area contributed by atoms with E-state index in [0.29, 0.717) is 83.7 Å². The molecular formula is C114H162N20O12P2S. The number of imidazole rings is 1. The summed E-state index contributed by atoms with van der Waals surface area (Å²) in [5.74, 6) is 10.7. The summed E-state index contributed by atoms with van der Waals surface area (Å²) in [6.45, 7) is 68.9. The van der Waals surface area contributed by atoms with E-state index in [1.54, 1.807) is 84.4 Å². The number of anilines is 1. The fraction of sp³-hybridized carbons (Fsp3) is 0.500. The first-order chi connectivity index (χ1) is 69.7. The zero-order chi connectivity index (χ0) is 110. The number of oxazole rings is 5. The maximum Gasteiger partial charge on any atom is 0.309 e. The molecule has 0 atom stereocenters. The molecule has 5 N–H and O–H groups in total. The molecule has 2 saturated heterocycles. The van der Waals surface area contributed by atoms with Gasteiger partial charge >= 0.3 is 11.9 Å². The SMILES string of the molecule is CC(C)(C)c1cnc(C(=O)N2CCCC2)o1.CC(C)(C)c1coc(-n2ccnc2)n1.CC(C)(C)c1nc(-c2cccc(P(C)(C)=O)c2)no1.CC(C)(C)c1nc(CN)co1.CC(C)(C)c1ncc(NCc2ccccc2)o1.CC(C)(C)c1nnc(CCc2ccccc2)o1.CC(C)(C)c1nnc(CN2CCC(N)CC2)o1.CC(C)(C)c1nnc(CSc2ccccc2)o1.CCP(=O)(CC)c1cccc(-c2ncc(C(C)(C)C)o2)c1. The Balaban J connectivity index is 0.000000187. The van der Waals surface area contributed by atoms with E-state index in [4.69, 9.17) is 51.3 Å². The molecule has 2 fully saturated rings. The number of piperidine rings is 1. The highest BCUT2D eigenvalue weighted by Gasteiger charge is 2.32. The molecule has 17 rings (SSSR count). The number of nitrogens with zero attached hydrogens (tertiary/aromatic N) is 17. The van der Waals surface area contributed by atoms with E-state index in [1.165, 1.54) is 16.0 Å². The number of likely N-dealkylation sites (tertiary alicyclic amines) is 2. The van der Waals surface area contributed by atoms with Gasteiger partial charge < -0.3 is 70.7 Å². The number of hydrogen-bond donors (Lipinski definition) is 3. The smallest absolute Gasteiger partial charge is 0.309 e. The molecule has 12 heterocycles. The average molecular weight is 2100 g/mol. The Kier molecular flexibility index (Phi) is 42.9. The number of hydrogen-bond acceptors (Lipinski definition) is 31. The van der Waals surface area contributed by atoms with Crippen LogP contribution in [-0.2, 0) is 96.1 Å². The maximum atomic E-state index is 12.8. The van der Waals surface area contributed by atoms with Crippen LogP contribution in [0.15, 0.2) is 234 Å². The van der Waals surface area contributed by atoms with Crippen molar-refractivity contribution in [2.24, 2.45) is 11.5 Å². The lowest BCUT2D eigenvalue weighted by Crippen LogP contribution is -2.39. The Morgan fingerprint density at radius 2 is 1.00 bits per heavy atom. The van der Waals surface area contributed by atoms with Crippen LogP contribution in [0.5, 0.6) is 0 Å². The Morgan fingerprint density at radius 1 is 0.483 bits per heavy atom. The summed E-state index contributed by atoms with van der Waals surface area (Å²) in [4.78, 5) is 46.9. The molecule has 806 valence electrons. The van der Waals surface area contributed by atoms with Crippen molar-refractivity contribution in [3.63, 3.8) is 0 Å². The number of thioether (sulfide) groups is 1. The topological polar surface area (TPSA) is 425 Å². The van der Waals surface area contributed by atoms with Crippen LogP contribution in [0.4, 0.5) is 5.88 Å². The third kappa shape index (κ3) is 39.0. The Hall–Kier alpha value is -12.1. The fourth-order valence-corrected chi connectivity index (χ4v) is 17.3. The van der Waals surface area contributed by atoms with Crippen LogP contribution in [-0.4, -0.2) is 149 Å². The zero-order valence-corrected chi connectivity index (χ0v) is 96.4. The molecule has 5 aromatic carbocycles. The van der Waals surface area contributed by atoms with E-state index in [0.717, 1.165) is 146 Å². The normalized spacial score (nSPS) is 13.4. The minimum atomic E-state index is -2.28. The molecule has 0 aliphatic carbocycles. The minimum absolute atomic E-state index is 0.0162. The zero-order valence-electron chi connectivity index (χ0n) is 93.7. The molecule has 0 unspecified atom stereocenters. The molecule has 10 aromatic heterocycles. The number of nitrogens with one attached hydrogen (secondary N) is 1. The second-order valence-electron chi connectivity index (χ2n) is 46.6. The summed E-state index contributed by atoms with van der Waals surface area (Å²) < 4.78 is 76.5. The van der Waals surface area contributed by atoms with Gasteiger partial charge in [0.25, 0.3) is 5.89 Å². The van der Waals surface area contributed by atoms with E-state index < -0.39 is 14.3 Å². The first-order valence-electron chi connectivity index (χ1n) is 51.1. The van der Waals surface area contributed by atoms with Crippen molar-refractivity contribution in [2.45, 2.75) is 324 Å². The Labute approximate surface area is 886 Å². The van der Waals surface area contributed by atoms with E-state index >= 15 is 0 Å². The van der Waals surface area contributed by atoms with Crippen molar-refractivity contribution in [3.8, 4) is 28.9 Å². The van der Waals surface area contributed by atoms with Crippen molar-refractivity contribution < 1.29 is 53.8 Å². The van der Waals surface area contributed by atoms with Gasteiger partial charge in [0.15, 0.2) is 5.89 Å². The van der Waals surface area contributed by atoms with Crippen LogP contribution in [0.25, 0.3) is 28.9 Å². The summed E-state index contributed by atoms with van der Waals surface area (Å²) in [7, 11) is -4.55. The lowest BCUT2D eigenvalue weighted by atomic mass is 9.93. The Morgan fingerprint density at radius 3 is 1.48 bits per heavy atom. The third-order valence-corrected chi connectivity index (χ3v) is 29.0. The summed E-state index contributed by atoms with van der Waals surface area (Å²) in [6.07, 6.45) is 21.0. The first kappa shape index (κ1) is 120. The van der Waals surface area contributed by atoms with Gasteiger partial charge in [-0.2, -0.15) is 9.97 Å². The van der Waals surface area contributed by atoms with E-state index in [-0.39, 0.29) is 60.5 Å². The highest BCUT2D eigenvalue weighted by Crippen LogP contribution is 2.45. The number of aryl methyl sites for hydroxylation is 2. The predicted octanol–water partition coefficient (Wildman–Crippen LogP) is 25.4. The molecule has 0 saturated carbocycles. The monoisotopic (exact) mass is 2100 g/mol. The van der Waals surface area contributed by atoms with Gasteiger partial charge in [0, 0.05) is 152 Å². The van der Waals surface area contributed by atoms with Gasteiger partial charge in [0.2, 0.25) is 64.7 Å². The van der Waals surface area contributed by atoms with Crippen molar-refractivity contribution in [3.05, 3.63) is 282 Å². The average Bonchev–Trinajstić information content (AvgIpc) is 1.03. The molecule has 0 spiro atoms. The van der Waals surface area contributed by atoms with Crippen molar-refractivity contribution in [1.82, 2.24) is 85.0 Å². The summed E-state index contributed by atoms with van der Waals surface area (Å²) in [5, 5.41) is 33.5. The van der Waals surface area contributed by atoms with E-state index in [9.17, 15) is 13.9 Å². The summed E-state index contributed by atoms with van der Waals surface area (Å²) in [5.41, 5.74) is 16.6. The van der Waals surface area contributed by atoms with Crippen molar-refractivity contribution in [1.29, 1.82) is 0 Å². The quantitative estimate of drug-likeness (QED) is 0.0471. The lowest BCUT2D eigenvalue weighted by Gasteiger charge is -2.28. The highest BCUT2D eigenvalue weighted by atomic mass is 32.2. The number of nitrogens with two attached hydrogens (primary N) is 2. The number of carbonyl (C=O) groups excluding carboxylic acids is 1. The lowest BCUT2D eigenvalue weighted by molar-refractivity contribution is 0.0749. The van der Waals surface area contributed by atoms with E-state index in [1.807, 2.05) is 159 Å². The van der Waals surface area contributed by atoms with Gasteiger partial charge in [-0.25, -0.2) is 24.9 Å². The van der Waals surface area contributed by atoms with Gasteiger partial charge in [-0.1, -0.05) is 315 Å². The fourth-order valence-electron chi connectivity index (χ4n) is 13.7. The predicted molar refractivity (Wildman–Crippen MR) is 593 cm³/mol. The van der Waals surface area contributed by atoms with Gasteiger partial charge in [-0.3, -0.25) is 14.3 Å². The van der Waals surface area contributed by atoms with Crippen LogP contribution in [0.2, 0.25) is 0 Å². The van der Waals surface area contributed by atoms with Crippen LogP contribution in [0, 0.1) is 0 Å². The molecule has 0 bridgehead atoms. The van der Waals surface area contributed by atoms with Gasteiger partial charge in [0.05, 0.1) is 42.3 Å². The highest BCUT2D eigenvalue weighted by molar-refractivity contribution is 7.98. The number of benzene rings is 5. The van der Waals surface area contributed by atoms with E-state index in [2.05, 4.69) is 263 Å². The molecular weight excluding hydrogens is 1940 g/mol. The van der Waals surface area contributed by atoms with Gasteiger partial charge in [-0.15, -0.1) is 42.4 Å². The van der Waals surface area contributed by atoms with Gasteiger partial charge in [-0.05, 0) is 86.9 Å². The number of aromatic nitrogens is 15. The molecule has 1 amide bonds. The molecule has 0 radical (unpaired) electrons. The molecule has 149 heavy (non-hydrogen) atoms. The van der Waals surface area contributed by atoms with Gasteiger partial charge in [0.1, 0.15) is 44.7 Å². The molecule has 15 aromatic rings. The van der Waals surface area contributed by atoms with Crippen LogP contribution >= 0.6 is 26.0 Å². The Bertz CT molecular complexity index is 6360. The number of amides is 1. The van der Waals surface area contributed by atoms with Crippen LogP contribution < -0.4 is 27.4 Å². The molecule has 2 aliphatic rings. The third-order valence-electron chi connectivity index (χ3n) is 23.2. The summed E-state index contributed by atoms with van der Waals surface area (Å²) >= 11 is 1.70. The largest absolute Gasteiger partial charge is 0.448 e. The molecule has 35 heteroatoms. The summed E-state index contributed by atoms with van der Waals surface area (Å²) in [6, 6.07) is 47.0. The number of carbonyl (C=O) groups is 1.